The fraction of sp³-hybridized carbons (Fsp3) is 0.267. The highest BCUT2D eigenvalue weighted by molar-refractivity contribution is 5.89. The number of rotatable bonds is 4. The van der Waals surface area contributed by atoms with Crippen molar-refractivity contribution in [1.82, 2.24) is 5.32 Å². The Kier molecular flexibility index (Phi) is 4.42. The highest BCUT2D eigenvalue weighted by Gasteiger charge is 2.11. The number of aryl methyl sites for hydroxylation is 2. The number of amides is 2. The van der Waals surface area contributed by atoms with Gasteiger partial charge in [0.1, 0.15) is 11.9 Å². The zero-order chi connectivity index (χ0) is 14.5. The van der Waals surface area contributed by atoms with Gasteiger partial charge in [-0.25, -0.2) is 4.79 Å². The Morgan fingerprint density at radius 1 is 1.30 bits per heavy atom. The third-order valence-corrected chi connectivity index (χ3v) is 2.81. The van der Waals surface area contributed by atoms with E-state index < -0.39 is 6.10 Å². The standard InChI is InChI=1S/C15H18N2O3/c1-10-6-11(2)8-12(7-10)17-15(19)16-9-13(18)14-4-3-5-20-14/h3-8,13,18H,9H2,1-2H3,(H2,16,17,19). The molecule has 2 aromatic rings. The average molecular weight is 274 g/mol. The lowest BCUT2D eigenvalue weighted by Gasteiger charge is -2.11. The molecule has 5 heteroatoms. The Bertz CT molecular complexity index is 559. The number of benzene rings is 1. The van der Waals surface area contributed by atoms with Crippen LogP contribution in [0.3, 0.4) is 0 Å². The Morgan fingerprint density at radius 2 is 2.00 bits per heavy atom. The minimum absolute atomic E-state index is 0.0874. The molecular weight excluding hydrogens is 256 g/mol. The summed E-state index contributed by atoms with van der Waals surface area (Å²) < 4.78 is 5.06. The molecular formula is C15H18N2O3. The van der Waals surface area contributed by atoms with E-state index in [0.29, 0.717) is 5.76 Å². The van der Waals surface area contributed by atoms with Crippen molar-refractivity contribution in [3.8, 4) is 0 Å². The molecule has 0 saturated heterocycles. The van der Waals surface area contributed by atoms with Crippen molar-refractivity contribution in [1.29, 1.82) is 0 Å². The van der Waals surface area contributed by atoms with Crippen molar-refractivity contribution in [2.24, 2.45) is 0 Å². The molecule has 0 radical (unpaired) electrons. The van der Waals surface area contributed by atoms with Crippen molar-refractivity contribution in [3.63, 3.8) is 0 Å². The van der Waals surface area contributed by atoms with Gasteiger partial charge in [-0.1, -0.05) is 6.07 Å². The molecule has 106 valence electrons. The van der Waals surface area contributed by atoms with E-state index in [0.717, 1.165) is 16.8 Å². The van der Waals surface area contributed by atoms with Gasteiger partial charge in [-0.3, -0.25) is 0 Å². The summed E-state index contributed by atoms with van der Waals surface area (Å²) in [4.78, 5) is 11.7. The molecule has 5 nitrogen and oxygen atoms in total. The van der Waals surface area contributed by atoms with Gasteiger partial charge in [-0.05, 0) is 49.2 Å². The third kappa shape index (κ3) is 3.86. The van der Waals surface area contributed by atoms with Gasteiger partial charge < -0.3 is 20.2 Å². The number of furan rings is 1. The van der Waals surface area contributed by atoms with Gasteiger partial charge in [0.05, 0.1) is 12.8 Å². The van der Waals surface area contributed by atoms with Crippen LogP contribution in [0.25, 0.3) is 0 Å². The van der Waals surface area contributed by atoms with Crippen molar-refractivity contribution in [3.05, 3.63) is 53.5 Å². The first-order valence-corrected chi connectivity index (χ1v) is 6.39. The molecule has 2 amide bonds. The van der Waals surface area contributed by atoms with Gasteiger partial charge >= 0.3 is 6.03 Å². The number of carbonyl (C=O) groups excluding carboxylic acids is 1. The van der Waals surface area contributed by atoms with Crippen LogP contribution in [0.4, 0.5) is 10.5 Å². The van der Waals surface area contributed by atoms with E-state index in [4.69, 9.17) is 4.42 Å². The van der Waals surface area contributed by atoms with Crippen LogP contribution in [-0.2, 0) is 0 Å². The highest BCUT2D eigenvalue weighted by atomic mass is 16.4. The van der Waals surface area contributed by atoms with Gasteiger partial charge in [0.15, 0.2) is 0 Å². The zero-order valence-electron chi connectivity index (χ0n) is 11.5. The zero-order valence-corrected chi connectivity index (χ0v) is 11.5. The van der Waals surface area contributed by atoms with Gasteiger partial charge in [0.25, 0.3) is 0 Å². The molecule has 0 aliphatic carbocycles. The number of urea groups is 1. The Morgan fingerprint density at radius 3 is 2.60 bits per heavy atom. The van der Waals surface area contributed by atoms with Crippen molar-refractivity contribution < 1.29 is 14.3 Å². The summed E-state index contributed by atoms with van der Waals surface area (Å²) in [5.41, 5.74) is 2.89. The minimum atomic E-state index is -0.852. The van der Waals surface area contributed by atoms with Gasteiger partial charge in [-0.2, -0.15) is 0 Å². The van der Waals surface area contributed by atoms with E-state index in [1.54, 1.807) is 12.1 Å². The molecule has 20 heavy (non-hydrogen) atoms. The monoisotopic (exact) mass is 274 g/mol. The summed E-state index contributed by atoms with van der Waals surface area (Å²) in [7, 11) is 0. The quantitative estimate of drug-likeness (QED) is 0.802. The second kappa shape index (κ2) is 6.25. The largest absolute Gasteiger partial charge is 0.467 e. The Hall–Kier alpha value is -2.27. The third-order valence-electron chi connectivity index (χ3n) is 2.81. The van der Waals surface area contributed by atoms with Gasteiger partial charge in [-0.15, -0.1) is 0 Å². The summed E-state index contributed by atoms with van der Waals surface area (Å²) in [6.07, 6.45) is 0.628. The molecule has 3 N–H and O–H groups in total. The summed E-state index contributed by atoms with van der Waals surface area (Å²) >= 11 is 0. The number of carbonyl (C=O) groups is 1. The smallest absolute Gasteiger partial charge is 0.319 e. The highest BCUT2D eigenvalue weighted by Crippen LogP contribution is 2.14. The van der Waals surface area contributed by atoms with Crippen LogP contribution in [0.2, 0.25) is 0 Å². The van der Waals surface area contributed by atoms with E-state index in [2.05, 4.69) is 10.6 Å². The summed E-state index contributed by atoms with van der Waals surface area (Å²) in [6, 6.07) is 8.79. The lowest BCUT2D eigenvalue weighted by molar-refractivity contribution is 0.149. The SMILES string of the molecule is Cc1cc(C)cc(NC(=O)NCC(O)c2ccco2)c1. The Labute approximate surface area is 117 Å². The first-order valence-electron chi connectivity index (χ1n) is 6.39. The maximum Gasteiger partial charge on any atom is 0.319 e. The Balaban J connectivity index is 1.86. The molecule has 0 aliphatic rings. The topological polar surface area (TPSA) is 74.5 Å². The summed E-state index contributed by atoms with van der Waals surface area (Å²) in [5, 5.41) is 15.1. The van der Waals surface area contributed by atoms with Crippen LogP contribution in [0, 0.1) is 13.8 Å². The van der Waals surface area contributed by atoms with Crippen LogP contribution >= 0.6 is 0 Å². The van der Waals surface area contributed by atoms with Crippen molar-refractivity contribution in [2.75, 3.05) is 11.9 Å². The number of aliphatic hydroxyl groups excluding tert-OH is 1. The molecule has 0 aliphatic heterocycles. The van der Waals surface area contributed by atoms with Crippen molar-refractivity contribution >= 4 is 11.7 Å². The molecule has 0 bridgehead atoms. The van der Waals surface area contributed by atoms with Crippen LogP contribution in [0.1, 0.15) is 23.0 Å². The molecule has 1 aromatic heterocycles. The van der Waals surface area contributed by atoms with E-state index >= 15 is 0 Å². The second-order valence-corrected chi connectivity index (χ2v) is 4.74. The molecule has 0 saturated carbocycles. The van der Waals surface area contributed by atoms with Crippen molar-refractivity contribution in [2.45, 2.75) is 20.0 Å². The average Bonchev–Trinajstić information content (AvgIpc) is 2.88. The number of nitrogens with one attached hydrogen (secondary N) is 2. The molecule has 1 heterocycles. The fourth-order valence-corrected chi connectivity index (χ4v) is 1.99. The second-order valence-electron chi connectivity index (χ2n) is 4.74. The summed E-state index contributed by atoms with van der Waals surface area (Å²) in [5.74, 6) is 0.428. The molecule has 2 rings (SSSR count). The maximum absolute atomic E-state index is 11.7. The van der Waals surface area contributed by atoms with E-state index in [1.807, 2.05) is 32.0 Å². The number of anilines is 1. The van der Waals surface area contributed by atoms with Gasteiger partial charge in [0, 0.05) is 5.69 Å². The molecule has 1 aromatic carbocycles. The first kappa shape index (κ1) is 14.1. The van der Waals surface area contributed by atoms with Crippen LogP contribution in [0.15, 0.2) is 41.0 Å². The molecule has 1 atom stereocenters. The lowest BCUT2D eigenvalue weighted by Crippen LogP contribution is -2.32. The minimum Gasteiger partial charge on any atom is -0.467 e. The first-order chi connectivity index (χ1) is 9.54. The van der Waals surface area contributed by atoms with E-state index in [-0.39, 0.29) is 12.6 Å². The molecule has 0 fully saturated rings. The summed E-state index contributed by atoms with van der Waals surface area (Å²) in [6.45, 7) is 4.03. The number of hydrogen-bond acceptors (Lipinski definition) is 3. The van der Waals surface area contributed by atoms with Crippen LogP contribution in [-0.4, -0.2) is 17.7 Å². The van der Waals surface area contributed by atoms with Gasteiger partial charge in [0.2, 0.25) is 0 Å². The normalized spacial score (nSPS) is 11.9. The van der Waals surface area contributed by atoms with E-state index in [9.17, 15) is 9.90 Å². The van der Waals surface area contributed by atoms with Crippen LogP contribution < -0.4 is 10.6 Å². The molecule has 1 unspecified atom stereocenters. The predicted octanol–water partition coefficient (Wildman–Crippen LogP) is 2.75. The predicted molar refractivity (Wildman–Crippen MR) is 76.6 cm³/mol. The number of aliphatic hydroxyl groups is 1. The maximum atomic E-state index is 11.7. The van der Waals surface area contributed by atoms with Crippen LogP contribution in [0.5, 0.6) is 0 Å². The fourth-order valence-electron chi connectivity index (χ4n) is 1.99. The lowest BCUT2D eigenvalue weighted by atomic mass is 10.1. The van der Waals surface area contributed by atoms with E-state index in [1.165, 1.54) is 6.26 Å². The molecule has 0 spiro atoms. The number of hydrogen-bond donors (Lipinski definition) is 3.